The fourth-order valence-electron chi connectivity index (χ4n) is 1.08. The Bertz CT molecular complexity index is 244. The Morgan fingerprint density at radius 1 is 1.46 bits per heavy atom. The largest absolute Gasteiger partial charge is 0.261 e. The van der Waals surface area contributed by atoms with Crippen molar-refractivity contribution in [3.8, 4) is 0 Å². The molecule has 0 saturated heterocycles. The van der Waals surface area contributed by atoms with Gasteiger partial charge in [0.15, 0.2) is 0 Å². The minimum Gasteiger partial charge on any atom is -0.261 e. The third kappa shape index (κ3) is 3.61. The summed E-state index contributed by atoms with van der Waals surface area (Å²) in [6.07, 6.45) is 2.98. The molecule has 0 aliphatic rings. The van der Waals surface area contributed by atoms with Crippen molar-refractivity contribution in [1.29, 1.82) is 0 Å². The lowest BCUT2D eigenvalue weighted by Gasteiger charge is -2.05. The van der Waals surface area contributed by atoms with E-state index in [9.17, 15) is 0 Å². The van der Waals surface area contributed by atoms with Crippen molar-refractivity contribution in [3.05, 3.63) is 29.6 Å². The van der Waals surface area contributed by atoms with Crippen LogP contribution in [0.3, 0.4) is 0 Å². The van der Waals surface area contributed by atoms with Crippen LogP contribution in [-0.2, 0) is 6.42 Å². The molecule has 0 fully saturated rings. The summed E-state index contributed by atoms with van der Waals surface area (Å²) in [6, 6.07) is 4.27. The smallest absolute Gasteiger partial charge is 0.0412 e. The summed E-state index contributed by atoms with van der Waals surface area (Å²) in [5, 5.41) is 0. The van der Waals surface area contributed by atoms with Gasteiger partial charge < -0.3 is 0 Å². The van der Waals surface area contributed by atoms with Crippen LogP contribution in [0.5, 0.6) is 0 Å². The van der Waals surface area contributed by atoms with Crippen LogP contribution in [0.1, 0.15) is 31.0 Å². The second-order valence-electron chi connectivity index (χ2n) is 3.32. The predicted molar refractivity (Wildman–Crippen MR) is 63.5 cm³/mol. The minimum absolute atomic E-state index is 0.570. The molecule has 0 amide bonds. The van der Waals surface area contributed by atoms with Gasteiger partial charge in [-0.05, 0) is 24.0 Å². The van der Waals surface area contributed by atoms with Crippen molar-refractivity contribution in [2.75, 3.05) is 5.75 Å². The first-order valence-electron chi connectivity index (χ1n) is 4.45. The predicted octanol–water partition coefficient (Wildman–Crippen LogP) is 3.33. The topological polar surface area (TPSA) is 12.9 Å². The van der Waals surface area contributed by atoms with Crippen molar-refractivity contribution in [2.45, 2.75) is 26.2 Å². The zero-order chi connectivity index (χ0) is 9.68. The summed E-state index contributed by atoms with van der Waals surface area (Å²) in [5.41, 5.74) is 2.47. The van der Waals surface area contributed by atoms with E-state index in [2.05, 4.69) is 42.6 Å². The second-order valence-corrected chi connectivity index (χ2v) is 4.76. The van der Waals surface area contributed by atoms with Crippen LogP contribution in [0.4, 0.5) is 0 Å². The van der Waals surface area contributed by atoms with Gasteiger partial charge in [0.05, 0.1) is 0 Å². The molecule has 1 aromatic rings. The average Bonchev–Trinajstić information content (AvgIpc) is 2.15. The lowest BCUT2D eigenvalue weighted by Crippen LogP contribution is -1.94. The van der Waals surface area contributed by atoms with Gasteiger partial charge >= 0.3 is 0 Å². The highest BCUT2D eigenvalue weighted by Gasteiger charge is 1.99. The molecule has 13 heavy (non-hydrogen) atoms. The summed E-state index contributed by atoms with van der Waals surface area (Å²) in [5.74, 6) is 1.60. The summed E-state index contributed by atoms with van der Waals surface area (Å²) in [7, 11) is 1.56. The van der Waals surface area contributed by atoms with E-state index < -0.39 is 0 Å². The number of nitrogens with zero attached hydrogens (tertiary/aromatic N) is 1. The van der Waals surface area contributed by atoms with E-state index in [1.165, 1.54) is 5.56 Å². The maximum absolute atomic E-state index is 4.39. The molecule has 0 spiro atoms. The van der Waals surface area contributed by atoms with Crippen LogP contribution in [0.25, 0.3) is 0 Å². The van der Waals surface area contributed by atoms with E-state index in [0.717, 1.165) is 17.9 Å². The van der Waals surface area contributed by atoms with E-state index in [4.69, 9.17) is 0 Å². The van der Waals surface area contributed by atoms with Gasteiger partial charge in [-0.2, -0.15) is 0 Å². The molecular formula is C10H15NS2. The van der Waals surface area contributed by atoms with E-state index in [1.807, 2.05) is 6.20 Å². The van der Waals surface area contributed by atoms with Crippen molar-refractivity contribution in [2.24, 2.45) is 0 Å². The molecule has 0 bridgehead atoms. The molecule has 0 unspecified atom stereocenters. The van der Waals surface area contributed by atoms with Crippen molar-refractivity contribution in [3.63, 3.8) is 0 Å². The van der Waals surface area contributed by atoms with Crippen molar-refractivity contribution >= 4 is 22.5 Å². The molecule has 0 aliphatic carbocycles. The SMILES string of the molecule is CC(C)c1ccc(CCSS)nc1. The Hall–Kier alpha value is -0.150. The number of aryl methyl sites for hydroxylation is 1. The van der Waals surface area contributed by atoms with Crippen LogP contribution >= 0.6 is 22.5 Å². The van der Waals surface area contributed by atoms with Gasteiger partial charge in [-0.3, -0.25) is 4.98 Å². The third-order valence-electron chi connectivity index (χ3n) is 1.96. The Balaban J connectivity index is 2.59. The molecule has 1 heterocycles. The van der Waals surface area contributed by atoms with Gasteiger partial charge in [0, 0.05) is 17.6 Å². The fraction of sp³-hybridized carbons (Fsp3) is 0.500. The quantitative estimate of drug-likeness (QED) is 0.608. The van der Waals surface area contributed by atoms with Crippen LogP contribution in [0.15, 0.2) is 18.3 Å². The number of pyridine rings is 1. The first kappa shape index (κ1) is 10.9. The van der Waals surface area contributed by atoms with Gasteiger partial charge in [0.2, 0.25) is 0 Å². The Morgan fingerprint density at radius 3 is 2.69 bits per heavy atom. The van der Waals surface area contributed by atoms with E-state index in [1.54, 1.807) is 10.8 Å². The second kappa shape index (κ2) is 5.55. The lowest BCUT2D eigenvalue weighted by molar-refractivity contribution is 0.851. The number of hydrogen-bond donors (Lipinski definition) is 1. The molecule has 0 N–H and O–H groups in total. The molecule has 0 saturated carbocycles. The zero-order valence-electron chi connectivity index (χ0n) is 8.03. The summed E-state index contributed by atoms with van der Waals surface area (Å²) in [4.78, 5) is 4.39. The lowest BCUT2D eigenvalue weighted by atomic mass is 10.1. The Morgan fingerprint density at radius 2 is 2.23 bits per heavy atom. The first-order valence-corrected chi connectivity index (χ1v) is 6.49. The minimum atomic E-state index is 0.570. The highest BCUT2D eigenvalue weighted by atomic mass is 33.1. The molecule has 0 aliphatic heterocycles. The maximum atomic E-state index is 4.39. The molecule has 0 atom stereocenters. The molecule has 3 heteroatoms. The average molecular weight is 213 g/mol. The molecule has 72 valence electrons. The summed E-state index contributed by atoms with van der Waals surface area (Å²) in [6.45, 7) is 4.36. The molecule has 0 aromatic carbocycles. The maximum Gasteiger partial charge on any atom is 0.0412 e. The van der Waals surface area contributed by atoms with Crippen molar-refractivity contribution < 1.29 is 0 Å². The van der Waals surface area contributed by atoms with Gasteiger partial charge in [-0.25, -0.2) is 0 Å². The highest BCUT2D eigenvalue weighted by Crippen LogP contribution is 2.14. The van der Waals surface area contributed by atoms with Crippen LogP contribution < -0.4 is 0 Å². The zero-order valence-corrected chi connectivity index (χ0v) is 9.74. The van der Waals surface area contributed by atoms with Gasteiger partial charge in [-0.15, -0.1) is 11.7 Å². The third-order valence-corrected chi connectivity index (χ3v) is 2.90. The summed E-state index contributed by atoms with van der Waals surface area (Å²) < 4.78 is 0. The van der Waals surface area contributed by atoms with E-state index >= 15 is 0 Å². The number of hydrogen-bond acceptors (Lipinski definition) is 3. The van der Waals surface area contributed by atoms with Crippen LogP contribution in [0, 0.1) is 0 Å². The Labute approximate surface area is 89.2 Å². The number of thiol groups is 1. The monoisotopic (exact) mass is 213 g/mol. The number of aromatic nitrogens is 1. The summed E-state index contributed by atoms with van der Waals surface area (Å²) >= 11 is 4.09. The van der Waals surface area contributed by atoms with Gasteiger partial charge in [-0.1, -0.05) is 30.7 Å². The van der Waals surface area contributed by atoms with Crippen molar-refractivity contribution in [1.82, 2.24) is 4.98 Å². The van der Waals surface area contributed by atoms with E-state index in [-0.39, 0.29) is 0 Å². The van der Waals surface area contributed by atoms with Gasteiger partial charge in [0.25, 0.3) is 0 Å². The Kier molecular flexibility index (Phi) is 4.67. The fourth-order valence-corrected chi connectivity index (χ4v) is 1.65. The molecular weight excluding hydrogens is 198 g/mol. The standard InChI is InChI=1S/C10H15NS2/c1-8(2)9-3-4-10(11-7-9)5-6-13-12/h3-4,7-8,12H,5-6H2,1-2H3. The highest BCUT2D eigenvalue weighted by molar-refractivity contribution is 8.68. The van der Waals surface area contributed by atoms with Crippen LogP contribution in [-0.4, -0.2) is 10.7 Å². The van der Waals surface area contributed by atoms with Gasteiger partial charge in [0.1, 0.15) is 0 Å². The van der Waals surface area contributed by atoms with E-state index in [0.29, 0.717) is 5.92 Å². The molecule has 0 radical (unpaired) electrons. The normalized spacial score (nSPS) is 10.8. The van der Waals surface area contributed by atoms with Crippen LogP contribution in [0.2, 0.25) is 0 Å². The number of rotatable bonds is 4. The molecule has 1 rings (SSSR count). The molecule has 1 nitrogen and oxygen atoms in total. The first-order chi connectivity index (χ1) is 6.24. The molecule has 1 aromatic heterocycles.